The third kappa shape index (κ3) is 4.42. The van der Waals surface area contributed by atoms with Gasteiger partial charge in [0.15, 0.2) is 5.94 Å². The van der Waals surface area contributed by atoms with Crippen molar-refractivity contribution in [2.45, 2.75) is 20.8 Å². The maximum atomic E-state index is 12.9. The molecule has 1 aromatic carbocycles. The van der Waals surface area contributed by atoms with Crippen molar-refractivity contribution in [3.05, 3.63) is 30.1 Å². The number of hydrogen-bond acceptors (Lipinski definition) is 7. The van der Waals surface area contributed by atoms with E-state index in [1.54, 1.807) is 23.1 Å². The van der Waals surface area contributed by atoms with Crippen molar-refractivity contribution in [3.8, 4) is 5.75 Å². The second-order valence-corrected chi connectivity index (χ2v) is 7.67. The number of ether oxygens (including phenoxy) is 2. The molecule has 0 saturated carbocycles. The molecule has 11 heteroatoms. The Balaban J connectivity index is 2.60. The molecule has 0 atom stereocenters. The standard InChI is InChI=1S/C17H25N5O5S/c1-6-20(7-2)17(23)21-11-18-16(19-21)22(28(24,25)12-26-4)14-10-13(3)8-9-15(14)27-5/h8-11H,6-7,12H2,1-5H3. The molecule has 0 aliphatic heterocycles. The third-order valence-electron chi connectivity index (χ3n) is 3.99. The number of aromatic nitrogens is 3. The van der Waals surface area contributed by atoms with E-state index in [9.17, 15) is 13.2 Å². The Labute approximate surface area is 164 Å². The summed E-state index contributed by atoms with van der Waals surface area (Å²) < 4.78 is 37.9. The number of rotatable bonds is 8. The van der Waals surface area contributed by atoms with Crippen LogP contribution >= 0.6 is 0 Å². The van der Waals surface area contributed by atoms with Gasteiger partial charge in [-0.3, -0.25) is 0 Å². The molecule has 1 amide bonds. The molecule has 0 fully saturated rings. The molecule has 2 rings (SSSR count). The lowest BCUT2D eigenvalue weighted by Gasteiger charge is -2.23. The molecule has 0 N–H and O–H groups in total. The highest BCUT2D eigenvalue weighted by Gasteiger charge is 2.31. The van der Waals surface area contributed by atoms with E-state index in [0.29, 0.717) is 18.8 Å². The molecule has 0 spiro atoms. The van der Waals surface area contributed by atoms with Crippen molar-refractivity contribution < 1.29 is 22.7 Å². The van der Waals surface area contributed by atoms with Gasteiger partial charge in [-0.1, -0.05) is 6.07 Å². The first kappa shape index (κ1) is 21.6. The van der Waals surface area contributed by atoms with E-state index in [2.05, 4.69) is 10.1 Å². The fourth-order valence-electron chi connectivity index (χ4n) is 2.62. The topological polar surface area (TPSA) is 107 Å². The number of benzene rings is 1. The summed E-state index contributed by atoms with van der Waals surface area (Å²) in [7, 11) is -1.29. The molecule has 0 aliphatic carbocycles. The minimum Gasteiger partial charge on any atom is -0.495 e. The van der Waals surface area contributed by atoms with Gasteiger partial charge in [-0.15, -0.1) is 5.10 Å². The van der Waals surface area contributed by atoms with Crippen LogP contribution in [0.25, 0.3) is 0 Å². The smallest absolute Gasteiger partial charge is 0.346 e. The highest BCUT2D eigenvalue weighted by molar-refractivity contribution is 7.92. The molecular formula is C17H25N5O5S. The number of hydrogen-bond donors (Lipinski definition) is 0. The van der Waals surface area contributed by atoms with Crippen LogP contribution in [-0.4, -0.2) is 67.4 Å². The van der Waals surface area contributed by atoms with Crippen LogP contribution in [0.5, 0.6) is 5.75 Å². The summed E-state index contributed by atoms with van der Waals surface area (Å²) in [6.07, 6.45) is 1.19. The van der Waals surface area contributed by atoms with Gasteiger partial charge in [0.2, 0.25) is 0 Å². The third-order valence-corrected chi connectivity index (χ3v) is 5.44. The number of carbonyl (C=O) groups is 1. The Morgan fingerprint density at radius 2 is 1.89 bits per heavy atom. The number of anilines is 2. The summed E-state index contributed by atoms with van der Waals surface area (Å²) >= 11 is 0. The lowest BCUT2D eigenvalue weighted by Crippen LogP contribution is -2.35. The predicted molar refractivity (Wildman–Crippen MR) is 104 cm³/mol. The largest absolute Gasteiger partial charge is 0.495 e. The number of amides is 1. The fourth-order valence-corrected chi connectivity index (χ4v) is 3.80. The van der Waals surface area contributed by atoms with Gasteiger partial charge in [0, 0.05) is 20.2 Å². The van der Waals surface area contributed by atoms with E-state index < -0.39 is 22.0 Å². The Kier molecular flexibility index (Phi) is 6.97. The van der Waals surface area contributed by atoms with Crippen LogP contribution in [0.3, 0.4) is 0 Å². The minimum atomic E-state index is -4.00. The van der Waals surface area contributed by atoms with Gasteiger partial charge in [-0.2, -0.15) is 14.0 Å². The summed E-state index contributed by atoms with van der Waals surface area (Å²) in [4.78, 5) is 18.1. The molecule has 154 valence electrons. The molecule has 1 aromatic heterocycles. The highest BCUT2D eigenvalue weighted by atomic mass is 32.2. The Morgan fingerprint density at radius 1 is 1.21 bits per heavy atom. The van der Waals surface area contributed by atoms with Crippen LogP contribution in [0.2, 0.25) is 0 Å². The summed E-state index contributed by atoms with van der Waals surface area (Å²) in [5.74, 6) is -0.457. The predicted octanol–water partition coefficient (Wildman–Crippen LogP) is 1.98. The molecule has 0 saturated heterocycles. The normalized spacial score (nSPS) is 11.3. The van der Waals surface area contributed by atoms with E-state index in [-0.39, 0.29) is 11.6 Å². The lowest BCUT2D eigenvalue weighted by atomic mass is 10.2. The van der Waals surface area contributed by atoms with Crippen molar-refractivity contribution >= 4 is 27.7 Å². The van der Waals surface area contributed by atoms with Gasteiger partial charge < -0.3 is 14.4 Å². The van der Waals surface area contributed by atoms with E-state index in [4.69, 9.17) is 9.47 Å². The highest BCUT2D eigenvalue weighted by Crippen LogP contribution is 2.35. The molecule has 0 radical (unpaired) electrons. The molecule has 0 bridgehead atoms. The monoisotopic (exact) mass is 411 g/mol. The number of sulfonamides is 1. The van der Waals surface area contributed by atoms with Crippen molar-refractivity contribution in [3.63, 3.8) is 0 Å². The molecular weight excluding hydrogens is 386 g/mol. The minimum absolute atomic E-state index is 0.179. The van der Waals surface area contributed by atoms with E-state index >= 15 is 0 Å². The van der Waals surface area contributed by atoms with Gasteiger partial charge in [0.05, 0.1) is 7.11 Å². The zero-order valence-electron chi connectivity index (χ0n) is 16.6. The van der Waals surface area contributed by atoms with Gasteiger partial charge in [-0.25, -0.2) is 13.2 Å². The Bertz CT molecular complexity index is 924. The average molecular weight is 411 g/mol. The number of methoxy groups -OCH3 is 2. The van der Waals surface area contributed by atoms with Crippen molar-refractivity contribution in [2.24, 2.45) is 0 Å². The van der Waals surface area contributed by atoms with E-state index in [0.717, 1.165) is 14.6 Å². The van der Waals surface area contributed by atoms with Crippen molar-refractivity contribution in [1.82, 2.24) is 19.7 Å². The van der Waals surface area contributed by atoms with Crippen LogP contribution in [0, 0.1) is 6.92 Å². The van der Waals surface area contributed by atoms with Gasteiger partial charge >= 0.3 is 6.03 Å². The summed E-state index contributed by atoms with van der Waals surface area (Å²) in [6.45, 7) is 6.47. The van der Waals surface area contributed by atoms with E-state index in [1.165, 1.54) is 20.5 Å². The Hall–Kier alpha value is -2.66. The second kappa shape index (κ2) is 9.02. The lowest BCUT2D eigenvalue weighted by molar-refractivity contribution is 0.201. The van der Waals surface area contributed by atoms with Crippen LogP contribution < -0.4 is 9.04 Å². The van der Waals surface area contributed by atoms with Crippen LogP contribution in [0.1, 0.15) is 19.4 Å². The average Bonchev–Trinajstić information content (AvgIpc) is 3.12. The number of nitrogens with zero attached hydrogens (tertiary/aromatic N) is 5. The Morgan fingerprint density at radius 3 is 2.46 bits per heavy atom. The van der Waals surface area contributed by atoms with Crippen LogP contribution in [0.15, 0.2) is 24.5 Å². The zero-order valence-corrected chi connectivity index (χ0v) is 17.4. The maximum absolute atomic E-state index is 12.9. The molecule has 1 heterocycles. The molecule has 2 aromatic rings. The quantitative estimate of drug-likeness (QED) is 0.654. The van der Waals surface area contributed by atoms with Crippen LogP contribution in [0.4, 0.5) is 16.4 Å². The zero-order chi connectivity index (χ0) is 20.9. The first-order valence-electron chi connectivity index (χ1n) is 8.66. The second-order valence-electron chi connectivity index (χ2n) is 5.90. The molecule has 0 aliphatic rings. The SMILES string of the molecule is CCN(CC)C(=O)n1cnc(N(c2cc(C)ccc2OC)S(=O)(=O)COC)n1. The summed E-state index contributed by atoms with van der Waals surface area (Å²) in [5, 5.41) is 4.11. The van der Waals surface area contributed by atoms with Gasteiger partial charge in [0.25, 0.3) is 16.0 Å². The van der Waals surface area contributed by atoms with Crippen LogP contribution in [-0.2, 0) is 14.8 Å². The molecule has 0 unspecified atom stereocenters. The fraction of sp³-hybridized carbons (Fsp3) is 0.471. The van der Waals surface area contributed by atoms with Gasteiger partial charge in [-0.05, 0) is 38.5 Å². The number of aryl methyl sites for hydroxylation is 1. The summed E-state index contributed by atoms with van der Waals surface area (Å²) in [5.41, 5.74) is 1.04. The first-order valence-corrected chi connectivity index (χ1v) is 10.3. The maximum Gasteiger partial charge on any atom is 0.346 e. The number of carbonyl (C=O) groups excluding carboxylic acids is 1. The molecule has 28 heavy (non-hydrogen) atoms. The summed E-state index contributed by atoms with van der Waals surface area (Å²) in [6, 6.07) is 4.68. The van der Waals surface area contributed by atoms with Gasteiger partial charge in [0.1, 0.15) is 17.8 Å². The van der Waals surface area contributed by atoms with E-state index in [1.807, 2.05) is 20.8 Å². The molecule has 10 nitrogen and oxygen atoms in total. The first-order chi connectivity index (χ1) is 13.3. The van der Waals surface area contributed by atoms with Crippen molar-refractivity contribution in [2.75, 3.05) is 37.6 Å². The van der Waals surface area contributed by atoms with Crippen molar-refractivity contribution in [1.29, 1.82) is 0 Å².